The van der Waals surface area contributed by atoms with Gasteiger partial charge in [-0.2, -0.15) is 0 Å². The maximum atomic E-state index is 12.9. The number of carbonyl (C=O) groups is 4. The van der Waals surface area contributed by atoms with Gasteiger partial charge in [0.25, 0.3) is 11.1 Å². The Labute approximate surface area is 180 Å². The molecule has 0 unspecified atom stereocenters. The smallest absolute Gasteiger partial charge is 0.325 e. The quantitative estimate of drug-likeness (QED) is 0.549. The van der Waals surface area contributed by atoms with Crippen LogP contribution in [0.25, 0.3) is 0 Å². The van der Waals surface area contributed by atoms with Crippen molar-refractivity contribution in [1.82, 2.24) is 15.1 Å². The van der Waals surface area contributed by atoms with Crippen molar-refractivity contribution in [2.75, 3.05) is 26.0 Å². The van der Waals surface area contributed by atoms with E-state index in [1.165, 1.54) is 4.90 Å². The van der Waals surface area contributed by atoms with Gasteiger partial charge in [0.15, 0.2) is 0 Å². The Morgan fingerprint density at radius 3 is 2.40 bits per heavy atom. The highest BCUT2D eigenvalue weighted by Gasteiger charge is 2.52. The third kappa shape index (κ3) is 4.77. The van der Waals surface area contributed by atoms with Crippen LogP contribution in [0.5, 0.6) is 0 Å². The summed E-state index contributed by atoms with van der Waals surface area (Å²) in [7, 11) is 3.36. The molecule has 1 heterocycles. The molecule has 0 aromatic heterocycles. The zero-order valence-corrected chi connectivity index (χ0v) is 18.4. The largest absolute Gasteiger partial charge is 0.339 e. The standard InChI is InChI=1S/C21H28N4O4S/c1-4-14-9-11-21(12-10-14)18(27)25(19(28)23-21)13-17(26)22-15-5-7-16(8-6-15)30-20(29)24(2)3/h5-8,14H,4,9-13H2,1-3H3,(H,22,26)(H,23,28). The SMILES string of the molecule is CCC1CCC2(CC1)NC(=O)N(CC(=O)Nc1ccc(SC(=O)N(C)C)cc1)C2=O. The first-order chi connectivity index (χ1) is 14.2. The second-order valence-electron chi connectivity index (χ2n) is 8.09. The summed E-state index contributed by atoms with van der Waals surface area (Å²) < 4.78 is 0. The van der Waals surface area contributed by atoms with Crippen LogP contribution >= 0.6 is 11.8 Å². The number of imide groups is 1. The van der Waals surface area contributed by atoms with E-state index in [9.17, 15) is 19.2 Å². The first-order valence-corrected chi connectivity index (χ1v) is 11.0. The normalized spacial score (nSPS) is 23.4. The summed E-state index contributed by atoms with van der Waals surface area (Å²) >= 11 is 1.09. The Bertz CT molecular complexity index is 832. The number of urea groups is 1. The second-order valence-corrected chi connectivity index (χ2v) is 9.11. The number of nitrogens with zero attached hydrogens (tertiary/aromatic N) is 2. The zero-order valence-electron chi connectivity index (χ0n) is 17.6. The number of benzene rings is 1. The summed E-state index contributed by atoms with van der Waals surface area (Å²) in [6.07, 6.45) is 4.13. The molecule has 5 amide bonds. The van der Waals surface area contributed by atoms with Crippen molar-refractivity contribution < 1.29 is 19.2 Å². The van der Waals surface area contributed by atoms with Crippen molar-refractivity contribution in [3.05, 3.63) is 24.3 Å². The van der Waals surface area contributed by atoms with Crippen molar-refractivity contribution in [2.45, 2.75) is 49.5 Å². The maximum Gasteiger partial charge on any atom is 0.325 e. The molecule has 162 valence electrons. The molecule has 1 saturated heterocycles. The van der Waals surface area contributed by atoms with Crippen molar-refractivity contribution in [3.63, 3.8) is 0 Å². The number of thioether (sulfide) groups is 1. The van der Waals surface area contributed by atoms with Gasteiger partial charge in [0.2, 0.25) is 5.91 Å². The minimum atomic E-state index is -0.846. The second kappa shape index (κ2) is 9.07. The lowest BCUT2D eigenvalue weighted by atomic mass is 9.75. The van der Waals surface area contributed by atoms with Crippen LogP contribution in [0, 0.1) is 5.92 Å². The van der Waals surface area contributed by atoms with E-state index in [1.807, 2.05) is 0 Å². The first-order valence-electron chi connectivity index (χ1n) is 10.2. The molecule has 1 aliphatic carbocycles. The third-order valence-corrected chi connectivity index (χ3v) is 6.84. The Morgan fingerprint density at radius 2 is 1.83 bits per heavy atom. The Morgan fingerprint density at radius 1 is 1.20 bits per heavy atom. The lowest BCUT2D eigenvalue weighted by Crippen LogP contribution is -2.49. The van der Waals surface area contributed by atoms with Gasteiger partial charge in [-0.1, -0.05) is 13.3 Å². The van der Waals surface area contributed by atoms with Crippen LogP contribution < -0.4 is 10.6 Å². The minimum absolute atomic E-state index is 0.0905. The van der Waals surface area contributed by atoms with Gasteiger partial charge in [0, 0.05) is 24.7 Å². The van der Waals surface area contributed by atoms with Crippen molar-refractivity contribution in [3.8, 4) is 0 Å². The molecule has 1 aromatic rings. The summed E-state index contributed by atoms with van der Waals surface area (Å²) in [5, 5.41) is 5.45. The van der Waals surface area contributed by atoms with Gasteiger partial charge in [0.1, 0.15) is 12.1 Å². The number of rotatable bonds is 5. The van der Waals surface area contributed by atoms with Crippen LogP contribution in [0.15, 0.2) is 29.2 Å². The Balaban J connectivity index is 1.56. The predicted molar refractivity (Wildman–Crippen MR) is 115 cm³/mol. The molecule has 0 bridgehead atoms. The molecule has 9 heteroatoms. The van der Waals surface area contributed by atoms with Crippen LogP contribution in [0.2, 0.25) is 0 Å². The van der Waals surface area contributed by atoms with Crippen LogP contribution in [0.1, 0.15) is 39.0 Å². The number of carbonyl (C=O) groups excluding carboxylic acids is 4. The molecule has 2 N–H and O–H groups in total. The van der Waals surface area contributed by atoms with Crippen LogP contribution in [-0.2, 0) is 9.59 Å². The van der Waals surface area contributed by atoms with E-state index in [-0.39, 0.29) is 17.7 Å². The van der Waals surface area contributed by atoms with Gasteiger partial charge in [-0.25, -0.2) is 4.79 Å². The molecule has 8 nitrogen and oxygen atoms in total. The summed E-state index contributed by atoms with van der Waals surface area (Å²) in [4.78, 5) is 52.7. The van der Waals surface area contributed by atoms with E-state index in [0.717, 1.165) is 40.8 Å². The maximum absolute atomic E-state index is 12.9. The molecular weight excluding hydrogens is 404 g/mol. The molecular formula is C21H28N4O4S. The van der Waals surface area contributed by atoms with E-state index in [0.29, 0.717) is 24.4 Å². The molecule has 30 heavy (non-hydrogen) atoms. The number of hydrogen-bond acceptors (Lipinski definition) is 5. The summed E-state index contributed by atoms with van der Waals surface area (Å²) in [6.45, 7) is 1.82. The molecule has 0 atom stereocenters. The number of nitrogens with one attached hydrogen (secondary N) is 2. The predicted octanol–water partition coefficient (Wildman–Crippen LogP) is 3.29. The van der Waals surface area contributed by atoms with Gasteiger partial charge in [0.05, 0.1) is 0 Å². The fourth-order valence-electron chi connectivity index (χ4n) is 3.88. The van der Waals surface area contributed by atoms with Crippen molar-refractivity contribution in [1.29, 1.82) is 0 Å². The average molecular weight is 433 g/mol. The number of amides is 5. The van der Waals surface area contributed by atoms with Gasteiger partial charge in [-0.05, 0) is 67.6 Å². The van der Waals surface area contributed by atoms with Crippen LogP contribution in [-0.4, -0.2) is 59.1 Å². The van der Waals surface area contributed by atoms with E-state index in [1.54, 1.807) is 38.4 Å². The summed E-state index contributed by atoms with van der Waals surface area (Å²) in [5.74, 6) is -0.152. The molecule has 2 aliphatic rings. The van der Waals surface area contributed by atoms with E-state index < -0.39 is 17.5 Å². The molecule has 1 spiro atoms. The van der Waals surface area contributed by atoms with Gasteiger partial charge < -0.3 is 15.5 Å². The molecule has 1 aliphatic heterocycles. The molecule has 1 saturated carbocycles. The van der Waals surface area contributed by atoms with Crippen LogP contribution in [0.3, 0.4) is 0 Å². The minimum Gasteiger partial charge on any atom is -0.339 e. The summed E-state index contributed by atoms with van der Waals surface area (Å²) in [5.41, 5.74) is -0.312. The number of hydrogen-bond donors (Lipinski definition) is 2. The van der Waals surface area contributed by atoms with Crippen molar-refractivity contribution in [2.24, 2.45) is 5.92 Å². The topological polar surface area (TPSA) is 98.8 Å². The molecule has 2 fully saturated rings. The van der Waals surface area contributed by atoms with E-state index >= 15 is 0 Å². The lowest BCUT2D eigenvalue weighted by Gasteiger charge is -2.34. The highest BCUT2D eigenvalue weighted by Crippen LogP contribution is 2.37. The highest BCUT2D eigenvalue weighted by molar-refractivity contribution is 8.13. The van der Waals surface area contributed by atoms with Gasteiger partial charge in [-0.3, -0.25) is 19.3 Å². The fraction of sp³-hybridized carbons (Fsp3) is 0.524. The summed E-state index contributed by atoms with van der Waals surface area (Å²) in [6, 6.07) is 6.33. The zero-order chi connectivity index (χ0) is 21.9. The Hall–Kier alpha value is -2.55. The Kier molecular flexibility index (Phi) is 6.70. The highest BCUT2D eigenvalue weighted by atomic mass is 32.2. The first kappa shape index (κ1) is 22.1. The lowest BCUT2D eigenvalue weighted by molar-refractivity contribution is -0.135. The third-order valence-electron chi connectivity index (χ3n) is 5.79. The van der Waals surface area contributed by atoms with Crippen molar-refractivity contribution >= 4 is 40.5 Å². The average Bonchev–Trinajstić information content (AvgIpc) is 2.94. The molecule has 3 rings (SSSR count). The van der Waals surface area contributed by atoms with E-state index in [2.05, 4.69) is 17.6 Å². The molecule has 0 radical (unpaired) electrons. The van der Waals surface area contributed by atoms with Gasteiger partial charge >= 0.3 is 6.03 Å². The number of anilines is 1. The fourth-order valence-corrected chi connectivity index (χ4v) is 4.54. The van der Waals surface area contributed by atoms with Crippen LogP contribution in [0.4, 0.5) is 15.3 Å². The monoisotopic (exact) mass is 432 g/mol. The van der Waals surface area contributed by atoms with E-state index in [4.69, 9.17) is 0 Å². The van der Waals surface area contributed by atoms with Gasteiger partial charge in [-0.15, -0.1) is 0 Å². The molecule has 1 aromatic carbocycles.